The van der Waals surface area contributed by atoms with E-state index in [0.717, 1.165) is 49.1 Å². The molecule has 1 fully saturated rings. The summed E-state index contributed by atoms with van der Waals surface area (Å²) < 4.78 is 11.7. The first-order valence-electron chi connectivity index (χ1n) is 8.73. The van der Waals surface area contributed by atoms with Gasteiger partial charge in [0.2, 0.25) is 0 Å². The minimum absolute atomic E-state index is 0.0214. The number of ether oxygens (including phenoxy) is 2. The van der Waals surface area contributed by atoms with Crippen LogP contribution < -0.4 is 10.1 Å². The van der Waals surface area contributed by atoms with Crippen molar-refractivity contribution in [3.63, 3.8) is 0 Å². The summed E-state index contributed by atoms with van der Waals surface area (Å²) >= 11 is 0. The number of nitrogens with one attached hydrogen (secondary N) is 1. The van der Waals surface area contributed by atoms with Crippen molar-refractivity contribution in [3.05, 3.63) is 23.8 Å². The highest BCUT2D eigenvalue weighted by Gasteiger charge is 2.41. The van der Waals surface area contributed by atoms with E-state index < -0.39 is 5.60 Å². The lowest BCUT2D eigenvalue weighted by Gasteiger charge is -2.27. The summed E-state index contributed by atoms with van der Waals surface area (Å²) in [4.78, 5) is 12.7. The fourth-order valence-corrected chi connectivity index (χ4v) is 3.06. The molecule has 0 heterocycles. The predicted molar refractivity (Wildman–Crippen MR) is 93.0 cm³/mol. The molecule has 23 heavy (non-hydrogen) atoms. The molecule has 1 saturated carbocycles. The van der Waals surface area contributed by atoms with E-state index in [-0.39, 0.29) is 12.0 Å². The number of rotatable bonds is 7. The number of amides is 1. The fraction of sp³-hybridized carbons (Fsp3) is 0.632. The van der Waals surface area contributed by atoms with E-state index in [1.807, 2.05) is 32.0 Å². The average Bonchev–Trinajstić information content (AvgIpc) is 3.00. The smallest absolute Gasteiger partial charge is 0.256 e. The second-order valence-corrected chi connectivity index (χ2v) is 6.41. The van der Waals surface area contributed by atoms with Gasteiger partial charge in [0, 0.05) is 12.3 Å². The zero-order chi connectivity index (χ0) is 16.9. The molecule has 0 radical (unpaired) electrons. The molecular weight excluding hydrogens is 290 g/mol. The Bertz CT molecular complexity index is 535. The van der Waals surface area contributed by atoms with Gasteiger partial charge in [-0.25, -0.2) is 0 Å². The molecule has 1 aromatic rings. The molecule has 1 atom stereocenters. The quantitative estimate of drug-likeness (QED) is 0.807. The Morgan fingerprint density at radius 1 is 1.30 bits per heavy atom. The SMILES string of the molecule is CCOC1(C(=O)Nc2ccc(OC(C)CC)c(C)c2)CCCC1. The maximum absolute atomic E-state index is 12.7. The van der Waals surface area contributed by atoms with Crippen LogP contribution in [0.2, 0.25) is 0 Å². The molecule has 0 saturated heterocycles. The van der Waals surface area contributed by atoms with Gasteiger partial charge in [-0.2, -0.15) is 0 Å². The third kappa shape index (κ3) is 4.25. The second-order valence-electron chi connectivity index (χ2n) is 6.41. The van der Waals surface area contributed by atoms with E-state index in [2.05, 4.69) is 19.2 Å². The van der Waals surface area contributed by atoms with Crippen molar-refractivity contribution in [2.45, 2.75) is 71.5 Å². The van der Waals surface area contributed by atoms with Crippen molar-refractivity contribution in [3.8, 4) is 5.75 Å². The molecule has 4 heteroatoms. The molecule has 1 aliphatic carbocycles. The second kappa shape index (κ2) is 7.82. The Morgan fingerprint density at radius 3 is 2.57 bits per heavy atom. The summed E-state index contributed by atoms with van der Waals surface area (Å²) in [5.74, 6) is 0.851. The highest BCUT2D eigenvalue weighted by Crippen LogP contribution is 2.34. The molecule has 4 nitrogen and oxygen atoms in total. The molecule has 1 amide bonds. The number of aryl methyl sites for hydroxylation is 1. The molecule has 0 aromatic heterocycles. The summed E-state index contributed by atoms with van der Waals surface area (Å²) in [7, 11) is 0. The van der Waals surface area contributed by atoms with Gasteiger partial charge in [-0.05, 0) is 76.6 Å². The van der Waals surface area contributed by atoms with E-state index in [0.29, 0.717) is 6.61 Å². The molecule has 1 aliphatic rings. The number of anilines is 1. The summed E-state index contributed by atoms with van der Waals surface area (Å²) in [5, 5.41) is 3.03. The van der Waals surface area contributed by atoms with E-state index in [4.69, 9.17) is 9.47 Å². The van der Waals surface area contributed by atoms with Crippen LogP contribution in [0.4, 0.5) is 5.69 Å². The molecular formula is C19H29NO3. The monoisotopic (exact) mass is 319 g/mol. The first kappa shape index (κ1) is 17.8. The lowest BCUT2D eigenvalue weighted by atomic mass is 10.0. The van der Waals surface area contributed by atoms with Gasteiger partial charge in [0.25, 0.3) is 5.91 Å². The molecule has 2 rings (SSSR count). The number of carbonyl (C=O) groups excluding carboxylic acids is 1. The van der Waals surface area contributed by atoms with Crippen LogP contribution in [0.25, 0.3) is 0 Å². The Labute approximate surface area is 139 Å². The molecule has 1 aromatic carbocycles. The molecule has 0 bridgehead atoms. The van der Waals surface area contributed by atoms with Gasteiger partial charge in [-0.1, -0.05) is 6.92 Å². The zero-order valence-corrected chi connectivity index (χ0v) is 14.8. The van der Waals surface area contributed by atoms with Crippen molar-refractivity contribution in [1.29, 1.82) is 0 Å². The van der Waals surface area contributed by atoms with Crippen LogP contribution in [0.15, 0.2) is 18.2 Å². The Morgan fingerprint density at radius 2 is 2.00 bits per heavy atom. The lowest BCUT2D eigenvalue weighted by Crippen LogP contribution is -2.43. The van der Waals surface area contributed by atoms with Gasteiger partial charge in [-0.3, -0.25) is 4.79 Å². The van der Waals surface area contributed by atoms with Crippen LogP contribution in [0.1, 0.15) is 58.4 Å². The summed E-state index contributed by atoms with van der Waals surface area (Å²) in [6.07, 6.45) is 4.87. The van der Waals surface area contributed by atoms with Crippen molar-refractivity contribution in [1.82, 2.24) is 0 Å². The summed E-state index contributed by atoms with van der Waals surface area (Å²) in [5.41, 5.74) is 1.18. The van der Waals surface area contributed by atoms with Crippen LogP contribution >= 0.6 is 0 Å². The average molecular weight is 319 g/mol. The van der Waals surface area contributed by atoms with Gasteiger partial charge < -0.3 is 14.8 Å². The molecule has 0 aliphatic heterocycles. The normalized spacial score (nSPS) is 17.7. The maximum atomic E-state index is 12.7. The number of hydrogen-bond donors (Lipinski definition) is 1. The number of carbonyl (C=O) groups is 1. The van der Waals surface area contributed by atoms with Crippen LogP contribution in [-0.2, 0) is 9.53 Å². The Hall–Kier alpha value is -1.55. The van der Waals surface area contributed by atoms with Crippen LogP contribution in [0.5, 0.6) is 5.75 Å². The van der Waals surface area contributed by atoms with Crippen molar-refractivity contribution >= 4 is 11.6 Å². The van der Waals surface area contributed by atoms with Crippen LogP contribution in [-0.4, -0.2) is 24.2 Å². The minimum Gasteiger partial charge on any atom is -0.490 e. The fourth-order valence-electron chi connectivity index (χ4n) is 3.06. The van der Waals surface area contributed by atoms with Crippen LogP contribution in [0.3, 0.4) is 0 Å². The Balaban J connectivity index is 2.07. The predicted octanol–water partition coefficient (Wildman–Crippen LogP) is 4.46. The van der Waals surface area contributed by atoms with Crippen molar-refractivity contribution in [2.75, 3.05) is 11.9 Å². The van der Waals surface area contributed by atoms with Gasteiger partial charge in [0.05, 0.1) is 6.10 Å². The first-order valence-corrected chi connectivity index (χ1v) is 8.73. The van der Waals surface area contributed by atoms with E-state index in [1.165, 1.54) is 0 Å². The van der Waals surface area contributed by atoms with E-state index in [9.17, 15) is 4.79 Å². The molecule has 128 valence electrons. The summed E-state index contributed by atoms with van der Waals surface area (Å²) in [6.45, 7) is 8.67. The summed E-state index contributed by atoms with van der Waals surface area (Å²) in [6, 6.07) is 5.79. The Kier molecular flexibility index (Phi) is 6.05. The molecule has 0 spiro atoms. The third-order valence-corrected chi connectivity index (χ3v) is 4.58. The van der Waals surface area contributed by atoms with E-state index >= 15 is 0 Å². The highest BCUT2D eigenvalue weighted by molar-refractivity contribution is 5.97. The maximum Gasteiger partial charge on any atom is 0.256 e. The van der Waals surface area contributed by atoms with Gasteiger partial charge in [-0.15, -0.1) is 0 Å². The van der Waals surface area contributed by atoms with Gasteiger partial charge >= 0.3 is 0 Å². The first-order chi connectivity index (χ1) is 11.0. The largest absolute Gasteiger partial charge is 0.490 e. The third-order valence-electron chi connectivity index (χ3n) is 4.58. The van der Waals surface area contributed by atoms with Gasteiger partial charge in [0.15, 0.2) is 0 Å². The van der Waals surface area contributed by atoms with Crippen molar-refractivity contribution < 1.29 is 14.3 Å². The molecule has 1 unspecified atom stereocenters. The van der Waals surface area contributed by atoms with E-state index in [1.54, 1.807) is 0 Å². The molecule has 1 N–H and O–H groups in total. The number of hydrogen-bond acceptors (Lipinski definition) is 3. The standard InChI is InChI=1S/C19H29NO3/c1-5-15(4)23-17-10-9-16(13-14(17)3)20-18(21)19(22-6-2)11-7-8-12-19/h9-10,13,15H,5-8,11-12H2,1-4H3,(H,20,21). The number of benzene rings is 1. The van der Waals surface area contributed by atoms with Gasteiger partial charge in [0.1, 0.15) is 11.4 Å². The lowest BCUT2D eigenvalue weighted by molar-refractivity contribution is -0.140. The highest BCUT2D eigenvalue weighted by atomic mass is 16.5. The van der Waals surface area contributed by atoms with Crippen LogP contribution in [0, 0.1) is 6.92 Å². The minimum atomic E-state index is -0.644. The van der Waals surface area contributed by atoms with Crippen molar-refractivity contribution in [2.24, 2.45) is 0 Å². The topological polar surface area (TPSA) is 47.6 Å². The zero-order valence-electron chi connectivity index (χ0n) is 14.8.